The number of hydrogen-bond donors (Lipinski definition) is 0. The molecule has 0 N–H and O–H groups in total. The number of rotatable bonds is 2. The summed E-state index contributed by atoms with van der Waals surface area (Å²) in [5.41, 5.74) is 4.05. The van der Waals surface area contributed by atoms with E-state index in [1.165, 1.54) is 11.1 Å². The topological polar surface area (TPSA) is 35.5 Å². The fourth-order valence-electron chi connectivity index (χ4n) is 3.10. The van der Waals surface area contributed by atoms with Crippen LogP contribution >= 0.6 is 0 Å². The van der Waals surface area contributed by atoms with Crippen molar-refractivity contribution in [3.8, 4) is 5.75 Å². The van der Waals surface area contributed by atoms with Gasteiger partial charge < -0.3 is 9.16 Å². The summed E-state index contributed by atoms with van der Waals surface area (Å²) in [5.74, 6) is 0.768. The molecule has 2 atom stereocenters. The summed E-state index contributed by atoms with van der Waals surface area (Å²) in [6, 6.07) is 0. The Bertz CT molecular complexity index is 603. The van der Waals surface area contributed by atoms with Gasteiger partial charge in [-0.1, -0.05) is 20.8 Å². The molecule has 1 radical (unpaired) electrons. The second-order valence-electron chi connectivity index (χ2n) is 6.89. The number of hydrogen-bond acceptors (Lipinski definition) is 3. The van der Waals surface area contributed by atoms with Gasteiger partial charge >= 0.3 is 0 Å². The van der Waals surface area contributed by atoms with Crippen LogP contribution in [0.1, 0.15) is 43.0 Å². The molecule has 0 saturated heterocycles. The molecule has 0 bridgehead atoms. The molecule has 1 aliphatic heterocycles. The molecule has 1 aromatic rings. The highest BCUT2D eigenvalue weighted by molar-refractivity contribution is 7.85. The maximum atomic E-state index is 12.8. The minimum Gasteiger partial charge on any atom is -0.452 e. The molecule has 117 valence electrons. The SMILES string of the molecule is Cc1c(C)c(C(C)(C)C)c(C)c2c1OC(O[Si](C)C)S2=O. The zero-order valence-electron chi connectivity index (χ0n) is 14.2. The summed E-state index contributed by atoms with van der Waals surface area (Å²) in [7, 11) is -2.21. The van der Waals surface area contributed by atoms with Gasteiger partial charge in [-0.25, -0.2) is 4.21 Å². The van der Waals surface area contributed by atoms with Crippen molar-refractivity contribution in [1.29, 1.82) is 0 Å². The monoisotopic (exact) mass is 325 g/mol. The van der Waals surface area contributed by atoms with Crippen LogP contribution in [0.25, 0.3) is 0 Å². The second kappa shape index (κ2) is 5.52. The van der Waals surface area contributed by atoms with Crippen molar-refractivity contribution in [2.45, 2.75) is 70.6 Å². The number of fused-ring (bicyclic) bond motifs is 1. The van der Waals surface area contributed by atoms with Gasteiger partial charge in [0.2, 0.25) is 9.04 Å². The van der Waals surface area contributed by atoms with Crippen molar-refractivity contribution in [3.63, 3.8) is 0 Å². The van der Waals surface area contributed by atoms with Gasteiger partial charge in [0.05, 0.1) is 4.90 Å². The van der Waals surface area contributed by atoms with Crippen LogP contribution in [-0.4, -0.2) is 18.9 Å². The fourth-order valence-corrected chi connectivity index (χ4v) is 5.62. The average Bonchev–Trinajstić information content (AvgIpc) is 2.62. The highest BCUT2D eigenvalue weighted by atomic mass is 32.2. The maximum absolute atomic E-state index is 12.8. The number of ether oxygens (including phenoxy) is 1. The molecule has 1 aromatic carbocycles. The second-order valence-corrected chi connectivity index (χ2v) is 10.3. The van der Waals surface area contributed by atoms with Crippen molar-refractivity contribution in [2.24, 2.45) is 0 Å². The van der Waals surface area contributed by atoms with Gasteiger partial charge in [-0.3, -0.25) is 0 Å². The zero-order chi connectivity index (χ0) is 16.1. The predicted molar refractivity (Wildman–Crippen MR) is 88.7 cm³/mol. The first-order valence-electron chi connectivity index (χ1n) is 7.24. The van der Waals surface area contributed by atoms with Crippen molar-refractivity contribution in [3.05, 3.63) is 22.3 Å². The van der Waals surface area contributed by atoms with Crippen molar-refractivity contribution >= 4 is 19.8 Å². The molecule has 0 fully saturated rings. The molecule has 0 saturated carbocycles. The highest BCUT2D eigenvalue weighted by Gasteiger charge is 2.38. The van der Waals surface area contributed by atoms with Crippen LogP contribution in [0.2, 0.25) is 13.1 Å². The average molecular weight is 326 g/mol. The standard InChI is InChI=1S/C16H25O3SSi/c1-9-10(2)13-14(11(3)12(9)16(4,5)6)20(17)15(18-13)19-21(7)8/h15H,1-8H3. The van der Waals surface area contributed by atoms with E-state index in [-0.39, 0.29) is 5.41 Å². The van der Waals surface area contributed by atoms with Crippen LogP contribution in [0.4, 0.5) is 0 Å². The summed E-state index contributed by atoms with van der Waals surface area (Å²) >= 11 is 0. The first-order chi connectivity index (χ1) is 9.55. The van der Waals surface area contributed by atoms with E-state index in [1.807, 2.05) is 20.0 Å². The van der Waals surface area contributed by atoms with E-state index in [2.05, 4.69) is 34.6 Å². The van der Waals surface area contributed by atoms with E-state index in [0.29, 0.717) is 0 Å². The van der Waals surface area contributed by atoms with E-state index in [1.54, 1.807) is 0 Å². The molecule has 1 heterocycles. The highest BCUT2D eigenvalue weighted by Crippen LogP contribution is 2.45. The Morgan fingerprint density at radius 1 is 1.10 bits per heavy atom. The molecule has 5 heteroatoms. The third-order valence-electron chi connectivity index (χ3n) is 3.87. The Labute approximate surface area is 132 Å². The maximum Gasteiger partial charge on any atom is 0.273 e. The van der Waals surface area contributed by atoms with Gasteiger partial charge in [0.25, 0.3) is 5.62 Å². The summed E-state index contributed by atoms with van der Waals surface area (Å²) < 4.78 is 24.4. The van der Waals surface area contributed by atoms with Crippen molar-refractivity contribution < 1.29 is 13.4 Å². The summed E-state index contributed by atoms with van der Waals surface area (Å²) in [5, 5.41) is 0. The van der Waals surface area contributed by atoms with E-state index < -0.39 is 25.5 Å². The Kier molecular flexibility index (Phi) is 4.39. The van der Waals surface area contributed by atoms with Crippen LogP contribution < -0.4 is 4.74 Å². The Morgan fingerprint density at radius 3 is 2.14 bits per heavy atom. The fraction of sp³-hybridized carbons (Fsp3) is 0.625. The Hall–Kier alpha value is -0.653. The molecule has 0 aliphatic carbocycles. The van der Waals surface area contributed by atoms with Crippen LogP contribution in [0.15, 0.2) is 4.90 Å². The van der Waals surface area contributed by atoms with Crippen molar-refractivity contribution in [1.82, 2.24) is 0 Å². The van der Waals surface area contributed by atoms with E-state index in [4.69, 9.17) is 9.16 Å². The first kappa shape index (κ1) is 16.7. The summed E-state index contributed by atoms with van der Waals surface area (Å²) in [6.45, 7) is 16.9. The van der Waals surface area contributed by atoms with Gasteiger partial charge in [-0.15, -0.1) is 0 Å². The number of benzene rings is 1. The van der Waals surface area contributed by atoms with Crippen LogP contribution in [-0.2, 0) is 20.6 Å². The van der Waals surface area contributed by atoms with Gasteiger partial charge in [0.15, 0.2) is 0 Å². The lowest BCUT2D eigenvalue weighted by Crippen LogP contribution is -2.26. The predicted octanol–water partition coefficient (Wildman–Crippen LogP) is 3.96. The lowest BCUT2D eigenvalue weighted by molar-refractivity contribution is 0.0856. The molecule has 21 heavy (non-hydrogen) atoms. The largest absolute Gasteiger partial charge is 0.452 e. The van der Waals surface area contributed by atoms with Crippen LogP contribution in [0.5, 0.6) is 5.75 Å². The summed E-state index contributed by atoms with van der Waals surface area (Å²) in [4.78, 5) is 0.830. The summed E-state index contributed by atoms with van der Waals surface area (Å²) in [6.07, 6.45) is 0. The van der Waals surface area contributed by atoms with Gasteiger partial charge in [0, 0.05) is 0 Å². The van der Waals surface area contributed by atoms with E-state index in [9.17, 15) is 4.21 Å². The van der Waals surface area contributed by atoms with Crippen LogP contribution in [0, 0.1) is 20.8 Å². The minimum absolute atomic E-state index is 0.0154. The Morgan fingerprint density at radius 2 is 1.67 bits per heavy atom. The molecule has 2 rings (SSSR count). The molecule has 2 unspecified atom stereocenters. The lowest BCUT2D eigenvalue weighted by Gasteiger charge is -2.26. The third-order valence-corrected chi connectivity index (χ3v) is 6.16. The van der Waals surface area contributed by atoms with Gasteiger partial charge in [0.1, 0.15) is 16.5 Å². The third kappa shape index (κ3) is 2.83. The van der Waals surface area contributed by atoms with Gasteiger partial charge in [-0.05, 0) is 61.5 Å². The molecule has 0 aromatic heterocycles. The molecular formula is C16H25O3SSi. The van der Waals surface area contributed by atoms with E-state index in [0.717, 1.165) is 21.8 Å². The molecular weight excluding hydrogens is 300 g/mol. The normalized spacial score (nSPS) is 21.6. The molecule has 1 aliphatic rings. The molecule has 0 amide bonds. The minimum atomic E-state index is -1.25. The Balaban J connectivity index is 2.63. The molecule has 3 nitrogen and oxygen atoms in total. The van der Waals surface area contributed by atoms with Crippen molar-refractivity contribution in [2.75, 3.05) is 0 Å². The first-order valence-corrected chi connectivity index (χ1v) is 10.9. The quantitative estimate of drug-likeness (QED) is 0.772. The smallest absolute Gasteiger partial charge is 0.273 e. The zero-order valence-corrected chi connectivity index (χ0v) is 16.0. The molecule has 0 spiro atoms. The van der Waals surface area contributed by atoms with E-state index >= 15 is 0 Å². The van der Waals surface area contributed by atoms with Crippen LogP contribution in [0.3, 0.4) is 0 Å². The lowest BCUT2D eigenvalue weighted by atomic mass is 9.79. The van der Waals surface area contributed by atoms with Gasteiger partial charge in [-0.2, -0.15) is 0 Å².